The summed E-state index contributed by atoms with van der Waals surface area (Å²) in [5, 5.41) is 6.11. The first-order chi connectivity index (χ1) is 9.74. The Hall–Kier alpha value is -2.49. The fraction of sp³-hybridized carbons (Fsp3) is 0.188. The zero-order chi connectivity index (χ0) is 13.9. The van der Waals surface area contributed by atoms with Crippen molar-refractivity contribution in [2.45, 2.75) is 6.92 Å². The van der Waals surface area contributed by atoms with Crippen molar-refractivity contribution in [2.24, 2.45) is 0 Å². The maximum Gasteiger partial charge on any atom is 0.259 e. The lowest BCUT2D eigenvalue weighted by molar-refractivity contribution is 0.102. The molecule has 0 saturated carbocycles. The van der Waals surface area contributed by atoms with Crippen LogP contribution in [-0.4, -0.2) is 19.1 Å². The quantitative estimate of drug-likeness (QED) is 0.880. The second-order valence-corrected chi connectivity index (χ2v) is 4.78. The Morgan fingerprint density at radius 3 is 2.80 bits per heavy atom. The molecule has 0 unspecified atom stereocenters. The van der Waals surface area contributed by atoms with Crippen molar-refractivity contribution in [1.29, 1.82) is 0 Å². The average molecular weight is 268 g/mol. The van der Waals surface area contributed by atoms with Crippen molar-refractivity contribution in [2.75, 3.05) is 23.8 Å². The van der Waals surface area contributed by atoms with Crippen LogP contribution in [0.2, 0.25) is 0 Å². The van der Waals surface area contributed by atoms with Crippen LogP contribution >= 0.6 is 0 Å². The van der Waals surface area contributed by atoms with E-state index in [1.165, 1.54) is 0 Å². The molecule has 0 bridgehead atoms. The number of aryl methyl sites for hydroxylation is 1. The molecule has 2 N–H and O–H groups in total. The maximum atomic E-state index is 12.4. The number of carbonyl (C=O) groups excluding carboxylic acids is 1. The minimum Gasteiger partial charge on any atom is -0.489 e. The van der Waals surface area contributed by atoms with Crippen LogP contribution in [0.5, 0.6) is 5.75 Å². The number of benzene rings is 2. The summed E-state index contributed by atoms with van der Waals surface area (Å²) < 4.78 is 5.61. The number of nitrogens with one attached hydrogen (secondary N) is 2. The van der Waals surface area contributed by atoms with E-state index in [1.54, 1.807) is 6.07 Å². The van der Waals surface area contributed by atoms with Crippen LogP contribution in [0.3, 0.4) is 0 Å². The van der Waals surface area contributed by atoms with Gasteiger partial charge in [0.15, 0.2) is 5.75 Å². The fourth-order valence-electron chi connectivity index (χ4n) is 2.18. The number of anilines is 2. The van der Waals surface area contributed by atoms with Gasteiger partial charge < -0.3 is 15.4 Å². The Kier molecular flexibility index (Phi) is 3.29. The highest BCUT2D eigenvalue weighted by Gasteiger charge is 2.18. The first-order valence-corrected chi connectivity index (χ1v) is 6.62. The van der Waals surface area contributed by atoms with Gasteiger partial charge >= 0.3 is 0 Å². The van der Waals surface area contributed by atoms with Crippen molar-refractivity contribution < 1.29 is 9.53 Å². The highest BCUT2D eigenvalue weighted by Crippen LogP contribution is 2.31. The minimum atomic E-state index is -0.158. The molecule has 1 amide bonds. The Balaban J connectivity index is 1.85. The predicted octanol–water partition coefficient (Wildman–Crippen LogP) is 3.05. The van der Waals surface area contributed by atoms with E-state index in [1.807, 2.05) is 43.3 Å². The normalized spacial score (nSPS) is 12.8. The topological polar surface area (TPSA) is 50.4 Å². The van der Waals surface area contributed by atoms with Crippen LogP contribution in [0.4, 0.5) is 11.4 Å². The van der Waals surface area contributed by atoms with Gasteiger partial charge in [-0.3, -0.25) is 4.79 Å². The zero-order valence-corrected chi connectivity index (χ0v) is 11.3. The number of fused-ring (bicyclic) bond motifs is 1. The molecule has 0 aliphatic carbocycles. The van der Waals surface area contributed by atoms with Crippen LogP contribution in [0, 0.1) is 6.92 Å². The van der Waals surface area contributed by atoms with Crippen LogP contribution < -0.4 is 15.4 Å². The number of carbonyl (C=O) groups is 1. The van der Waals surface area contributed by atoms with Crippen LogP contribution in [0.15, 0.2) is 42.5 Å². The number of ether oxygens (including phenoxy) is 1. The lowest BCUT2D eigenvalue weighted by Gasteiger charge is -2.21. The molecule has 0 atom stereocenters. The van der Waals surface area contributed by atoms with Gasteiger partial charge in [-0.05, 0) is 31.2 Å². The third-order valence-corrected chi connectivity index (χ3v) is 3.23. The maximum absolute atomic E-state index is 12.4. The molecule has 4 heteroatoms. The van der Waals surface area contributed by atoms with E-state index in [4.69, 9.17) is 4.74 Å². The molecule has 102 valence electrons. The summed E-state index contributed by atoms with van der Waals surface area (Å²) in [6.07, 6.45) is 0. The van der Waals surface area contributed by atoms with E-state index >= 15 is 0 Å². The first kappa shape index (κ1) is 12.5. The smallest absolute Gasteiger partial charge is 0.259 e. The molecule has 1 aliphatic heterocycles. The highest BCUT2D eigenvalue weighted by atomic mass is 16.5. The molecule has 20 heavy (non-hydrogen) atoms. The van der Waals surface area contributed by atoms with E-state index in [2.05, 4.69) is 10.6 Å². The Morgan fingerprint density at radius 2 is 2.00 bits per heavy atom. The van der Waals surface area contributed by atoms with Crippen molar-refractivity contribution in [3.63, 3.8) is 0 Å². The van der Waals surface area contributed by atoms with E-state index in [9.17, 15) is 4.79 Å². The molecule has 0 saturated heterocycles. The molecule has 1 aliphatic rings. The monoisotopic (exact) mass is 268 g/mol. The van der Waals surface area contributed by atoms with Gasteiger partial charge in [0.1, 0.15) is 6.61 Å². The Morgan fingerprint density at radius 1 is 1.20 bits per heavy atom. The number of amides is 1. The highest BCUT2D eigenvalue weighted by molar-refractivity contribution is 6.07. The molecule has 2 aromatic carbocycles. The molecule has 0 spiro atoms. The standard InChI is InChI=1S/C16H16N2O2/c1-11-5-7-12(8-6-11)18-16(19)13-3-2-4-14-15(13)20-10-9-17-14/h2-8,17H,9-10H2,1H3,(H,18,19). The lowest BCUT2D eigenvalue weighted by atomic mass is 10.1. The second kappa shape index (κ2) is 5.25. The van der Waals surface area contributed by atoms with Gasteiger partial charge in [0.2, 0.25) is 0 Å². The van der Waals surface area contributed by atoms with Gasteiger partial charge in [-0.2, -0.15) is 0 Å². The molecule has 2 aromatic rings. The Bertz CT molecular complexity index is 635. The molecule has 0 aromatic heterocycles. The van der Waals surface area contributed by atoms with Crippen LogP contribution in [-0.2, 0) is 0 Å². The van der Waals surface area contributed by atoms with Gasteiger partial charge in [-0.25, -0.2) is 0 Å². The third kappa shape index (κ3) is 2.45. The molecule has 3 rings (SSSR count). The third-order valence-electron chi connectivity index (χ3n) is 3.23. The Labute approximate surface area is 117 Å². The second-order valence-electron chi connectivity index (χ2n) is 4.78. The van der Waals surface area contributed by atoms with Crippen molar-refractivity contribution in [3.05, 3.63) is 53.6 Å². The summed E-state index contributed by atoms with van der Waals surface area (Å²) in [6, 6.07) is 13.3. The van der Waals surface area contributed by atoms with Crippen molar-refractivity contribution >= 4 is 17.3 Å². The van der Waals surface area contributed by atoms with Gasteiger partial charge in [0.25, 0.3) is 5.91 Å². The number of hydrogen-bond acceptors (Lipinski definition) is 3. The minimum absolute atomic E-state index is 0.158. The predicted molar refractivity (Wildman–Crippen MR) is 79.6 cm³/mol. The van der Waals surface area contributed by atoms with E-state index in [0.717, 1.165) is 23.5 Å². The summed E-state index contributed by atoms with van der Waals surface area (Å²) in [7, 11) is 0. The number of hydrogen-bond donors (Lipinski definition) is 2. The van der Waals surface area contributed by atoms with Crippen LogP contribution in [0.25, 0.3) is 0 Å². The lowest BCUT2D eigenvalue weighted by Crippen LogP contribution is -2.21. The van der Waals surface area contributed by atoms with Gasteiger partial charge in [0, 0.05) is 12.2 Å². The summed E-state index contributed by atoms with van der Waals surface area (Å²) >= 11 is 0. The fourth-order valence-corrected chi connectivity index (χ4v) is 2.18. The van der Waals surface area contributed by atoms with E-state index < -0.39 is 0 Å². The van der Waals surface area contributed by atoms with E-state index in [0.29, 0.717) is 17.9 Å². The summed E-state index contributed by atoms with van der Waals surface area (Å²) in [5.74, 6) is 0.470. The zero-order valence-electron chi connectivity index (χ0n) is 11.3. The first-order valence-electron chi connectivity index (χ1n) is 6.62. The van der Waals surface area contributed by atoms with Crippen LogP contribution in [0.1, 0.15) is 15.9 Å². The van der Waals surface area contributed by atoms with Crippen molar-refractivity contribution in [3.8, 4) is 5.75 Å². The van der Waals surface area contributed by atoms with E-state index in [-0.39, 0.29) is 5.91 Å². The number of para-hydroxylation sites is 1. The molecule has 0 radical (unpaired) electrons. The summed E-state index contributed by atoms with van der Waals surface area (Å²) in [5.41, 5.74) is 3.36. The molecule has 0 fully saturated rings. The number of rotatable bonds is 2. The molecular weight excluding hydrogens is 252 g/mol. The molecule has 1 heterocycles. The summed E-state index contributed by atoms with van der Waals surface area (Å²) in [4.78, 5) is 12.4. The van der Waals surface area contributed by atoms with Gasteiger partial charge in [-0.15, -0.1) is 0 Å². The summed E-state index contributed by atoms with van der Waals surface area (Å²) in [6.45, 7) is 3.34. The molecular formula is C16H16N2O2. The largest absolute Gasteiger partial charge is 0.489 e. The molecule has 4 nitrogen and oxygen atoms in total. The van der Waals surface area contributed by atoms with Gasteiger partial charge in [0.05, 0.1) is 11.3 Å². The SMILES string of the molecule is Cc1ccc(NC(=O)c2cccc3c2OCCN3)cc1. The van der Waals surface area contributed by atoms with Crippen molar-refractivity contribution in [1.82, 2.24) is 0 Å². The average Bonchev–Trinajstić information content (AvgIpc) is 2.49. The van der Waals surface area contributed by atoms with Gasteiger partial charge in [-0.1, -0.05) is 23.8 Å².